The van der Waals surface area contributed by atoms with Crippen LogP contribution in [-0.4, -0.2) is 11.6 Å². The second-order valence-electron chi connectivity index (χ2n) is 4.71. The van der Waals surface area contributed by atoms with Crippen molar-refractivity contribution < 1.29 is 4.74 Å². The third-order valence-corrected chi connectivity index (χ3v) is 3.64. The molecule has 0 saturated heterocycles. The zero-order chi connectivity index (χ0) is 17.0. The summed E-state index contributed by atoms with van der Waals surface area (Å²) in [4.78, 5) is 14.3. The van der Waals surface area contributed by atoms with E-state index in [0.717, 1.165) is 10.9 Å². The number of hydrogen-bond donors (Lipinski definition) is 2. The Morgan fingerprint density at radius 2 is 2.00 bits per heavy atom. The van der Waals surface area contributed by atoms with Gasteiger partial charge in [-0.25, -0.2) is 0 Å². The number of aromatic amines is 1. The first kappa shape index (κ1) is 16.6. The van der Waals surface area contributed by atoms with Gasteiger partial charge in [-0.05, 0) is 24.6 Å². The van der Waals surface area contributed by atoms with E-state index in [0.29, 0.717) is 17.9 Å². The number of H-pyrrole nitrogens is 1. The molecule has 6 nitrogen and oxygen atoms in total. The van der Waals surface area contributed by atoms with Crippen LogP contribution in [-0.2, 0) is 0 Å². The van der Waals surface area contributed by atoms with E-state index in [-0.39, 0.29) is 22.5 Å². The number of nitrogens with two attached hydrogens (primary N) is 1. The highest BCUT2D eigenvalue weighted by atomic mass is 79.9. The van der Waals surface area contributed by atoms with E-state index in [9.17, 15) is 15.3 Å². The fourth-order valence-corrected chi connectivity index (χ4v) is 2.49. The molecular formula is C16H13BrN4O2. The van der Waals surface area contributed by atoms with Crippen molar-refractivity contribution in [2.75, 3.05) is 12.3 Å². The molecule has 1 aromatic carbocycles. The molecular weight excluding hydrogens is 360 g/mol. The molecule has 0 aliphatic heterocycles. The van der Waals surface area contributed by atoms with Crippen LogP contribution < -0.4 is 16.0 Å². The minimum absolute atomic E-state index is 0.0461. The number of benzene rings is 1. The summed E-state index contributed by atoms with van der Waals surface area (Å²) < 4.78 is 6.48. The van der Waals surface area contributed by atoms with Crippen LogP contribution in [0, 0.1) is 22.7 Å². The van der Waals surface area contributed by atoms with Crippen LogP contribution in [0.25, 0.3) is 11.1 Å². The van der Waals surface area contributed by atoms with Gasteiger partial charge >= 0.3 is 0 Å². The highest BCUT2D eigenvalue weighted by Gasteiger charge is 2.21. The van der Waals surface area contributed by atoms with Gasteiger partial charge < -0.3 is 15.5 Å². The van der Waals surface area contributed by atoms with Crippen molar-refractivity contribution >= 4 is 21.7 Å². The lowest BCUT2D eigenvalue weighted by Crippen LogP contribution is -2.16. The van der Waals surface area contributed by atoms with E-state index >= 15 is 0 Å². The third kappa shape index (κ3) is 3.20. The predicted molar refractivity (Wildman–Crippen MR) is 89.8 cm³/mol. The number of ether oxygens (including phenoxy) is 1. The average Bonchev–Trinajstić information content (AvgIpc) is 2.52. The molecule has 2 aromatic rings. The van der Waals surface area contributed by atoms with Gasteiger partial charge in [-0.1, -0.05) is 22.9 Å². The van der Waals surface area contributed by atoms with Crippen LogP contribution in [0.3, 0.4) is 0 Å². The van der Waals surface area contributed by atoms with Crippen LogP contribution in [0.2, 0.25) is 0 Å². The summed E-state index contributed by atoms with van der Waals surface area (Å²) in [5.74, 6) is 0.398. The van der Waals surface area contributed by atoms with Crippen molar-refractivity contribution in [2.24, 2.45) is 0 Å². The molecule has 2 rings (SSSR count). The van der Waals surface area contributed by atoms with E-state index in [2.05, 4.69) is 20.9 Å². The molecule has 0 radical (unpaired) electrons. The second-order valence-corrected chi connectivity index (χ2v) is 5.62. The van der Waals surface area contributed by atoms with E-state index in [4.69, 9.17) is 10.5 Å². The molecule has 0 atom stereocenters. The summed E-state index contributed by atoms with van der Waals surface area (Å²) in [6.07, 6.45) is 0.791. The van der Waals surface area contributed by atoms with E-state index in [1.165, 1.54) is 0 Å². The Hall–Kier alpha value is -2.77. The van der Waals surface area contributed by atoms with Gasteiger partial charge in [-0.15, -0.1) is 0 Å². The molecule has 116 valence electrons. The SMILES string of the molecule is CCCOc1cc(Br)ccc1-c1c(C#N)c(N)[nH]c(=O)c1C#N. The van der Waals surface area contributed by atoms with Crippen LogP contribution >= 0.6 is 15.9 Å². The highest BCUT2D eigenvalue weighted by molar-refractivity contribution is 9.10. The Balaban J connectivity index is 2.84. The largest absolute Gasteiger partial charge is 0.493 e. The molecule has 3 N–H and O–H groups in total. The van der Waals surface area contributed by atoms with Gasteiger partial charge in [0.15, 0.2) is 0 Å². The number of pyridine rings is 1. The summed E-state index contributed by atoms with van der Waals surface area (Å²) >= 11 is 3.36. The van der Waals surface area contributed by atoms with E-state index < -0.39 is 5.56 Å². The van der Waals surface area contributed by atoms with Gasteiger partial charge in [0, 0.05) is 15.6 Å². The number of anilines is 1. The monoisotopic (exact) mass is 372 g/mol. The number of halogens is 1. The predicted octanol–water partition coefficient (Wildman–Crippen LogP) is 2.92. The Labute approximate surface area is 141 Å². The number of rotatable bonds is 4. The Bertz CT molecular complexity index is 891. The molecule has 0 aliphatic carbocycles. The number of hydrogen-bond acceptors (Lipinski definition) is 5. The topological polar surface area (TPSA) is 116 Å². The molecule has 23 heavy (non-hydrogen) atoms. The number of aromatic nitrogens is 1. The van der Waals surface area contributed by atoms with Gasteiger partial charge in [0.1, 0.15) is 34.8 Å². The number of nitrogen functional groups attached to an aromatic ring is 1. The smallest absolute Gasteiger partial charge is 0.268 e. The van der Waals surface area contributed by atoms with Crippen LogP contribution in [0.4, 0.5) is 5.82 Å². The highest BCUT2D eigenvalue weighted by Crippen LogP contribution is 2.36. The lowest BCUT2D eigenvalue weighted by Gasteiger charge is -2.14. The van der Waals surface area contributed by atoms with Crippen LogP contribution in [0.1, 0.15) is 24.5 Å². The Kier molecular flexibility index (Phi) is 5.05. The summed E-state index contributed by atoms with van der Waals surface area (Å²) in [7, 11) is 0. The summed E-state index contributed by atoms with van der Waals surface area (Å²) in [6.45, 7) is 2.43. The molecule has 0 saturated carbocycles. The molecule has 0 bridgehead atoms. The first-order valence-electron chi connectivity index (χ1n) is 6.82. The normalized spacial score (nSPS) is 9.91. The van der Waals surface area contributed by atoms with Crippen molar-refractivity contribution in [1.82, 2.24) is 4.98 Å². The first-order chi connectivity index (χ1) is 11.0. The van der Waals surface area contributed by atoms with Gasteiger partial charge in [-0.3, -0.25) is 4.79 Å². The number of nitrogens with zero attached hydrogens (tertiary/aromatic N) is 2. The van der Waals surface area contributed by atoms with Crippen LogP contribution in [0.15, 0.2) is 27.5 Å². The third-order valence-electron chi connectivity index (χ3n) is 3.14. The minimum atomic E-state index is -0.636. The van der Waals surface area contributed by atoms with Gasteiger partial charge in [0.05, 0.1) is 6.61 Å². The lowest BCUT2D eigenvalue weighted by molar-refractivity contribution is 0.318. The fourth-order valence-electron chi connectivity index (χ4n) is 2.15. The minimum Gasteiger partial charge on any atom is -0.493 e. The van der Waals surface area contributed by atoms with Crippen molar-refractivity contribution in [3.8, 4) is 29.0 Å². The molecule has 0 spiro atoms. The van der Waals surface area contributed by atoms with Gasteiger partial charge in [0.25, 0.3) is 5.56 Å². The molecule has 1 aromatic heterocycles. The molecule has 1 heterocycles. The second kappa shape index (κ2) is 6.99. The summed E-state index contributed by atoms with van der Waals surface area (Å²) in [5.41, 5.74) is 5.65. The van der Waals surface area contributed by atoms with E-state index in [1.807, 2.05) is 19.1 Å². The maximum atomic E-state index is 12.0. The maximum Gasteiger partial charge on any atom is 0.268 e. The van der Waals surface area contributed by atoms with Gasteiger partial charge in [0.2, 0.25) is 0 Å². The van der Waals surface area contributed by atoms with Crippen molar-refractivity contribution in [1.29, 1.82) is 10.5 Å². The average molecular weight is 373 g/mol. The first-order valence-corrected chi connectivity index (χ1v) is 7.61. The van der Waals surface area contributed by atoms with Crippen molar-refractivity contribution in [2.45, 2.75) is 13.3 Å². The standard InChI is InChI=1S/C16H13BrN4O2/c1-2-5-23-13-6-9(17)3-4-10(13)14-11(7-18)15(20)21-16(22)12(14)8-19/h3-4,6H,2,5H2,1H3,(H3,20,21,22). The van der Waals surface area contributed by atoms with Crippen LogP contribution in [0.5, 0.6) is 5.75 Å². The summed E-state index contributed by atoms with van der Waals surface area (Å²) in [5, 5.41) is 18.7. The zero-order valence-electron chi connectivity index (χ0n) is 12.3. The molecule has 0 aliphatic rings. The zero-order valence-corrected chi connectivity index (χ0v) is 13.9. The quantitative estimate of drug-likeness (QED) is 0.855. The molecule has 0 unspecified atom stereocenters. The summed E-state index contributed by atoms with van der Waals surface area (Å²) in [6, 6.07) is 8.95. The molecule has 0 amide bonds. The Morgan fingerprint density at radius 1 is 1.30 bits per heavy atom. The lowest BCUT2D eigenvalue weighted by atomic mass is 9.96. The fraction of sp³-hybridized carbons (Fsp3) is 0.188. The van der Waals surface area contributed by atoms with Crippen molar-refractivity contribution in [3.05, 3.63) is 44.2 Å². The van der Waals surface area contributed by atoms with E-state index in [1.54, 1.807) is 18.2 Å². The van der Waals surface area contributed by atoms with Gasteiger partial charge in [-0.2, -0.15) is 10.5 Å². The number of nitrogens with one attached hydrogen (secondary N) is 1. The molecule has 7 heteroatoms. The van der Waals surface area contributed by atoms with Crippen molar-refractivity contribution in [3.63, 3.8) is 0 Å². The maximum absolute atomic E-state index is 12.0. The Morgan fingerprint density at radius 3 is 2.61 bits per heavy atom. The number of nitriles is 2. The molecule has 0 fully saturated rings.